The number of anilines is 2. The van der Waals surface area contributed by atoms with Gasteiger partial charge in [-0.15, -0.1) is 23.1 Å². The topological polar surface area (TPSA) is 74.1 Å². The van der Waals surface area contributed by atoms with Crippen LogP contribution < -0.4 is 10.1 Å². The molecule has 1 aromatic carbocycles. The van der Waals surface area contributed by atoms with E-state index in [4.69, 9.17) is 9.72 Å². The number of nitrogens with one attached hydrogen (secondary N) is 1. The van der Waals surface area contributed by atoms with Gasteiger partial charge >= 0.3 is 0 Å². The molecule has 194 valence electrons. The van der Waals surface area contributed by atoms with Gasteiger partial charge in [-0.05, 0) is 81.1 Å². The Labute approximate surface area is 228 Å². The van der Waals surface area contributed by atoms with E-state index >= 15 is 0 Å². The van der Waals surface area contributed by atoms with Crippen LogP contribution in [0.2, 0.25) is 0 Å². The summed E-state index contributed by atoms with van der Waals surface area (Å²) in [6.07, 6.45) is 13.6. The first kappa shape index (κ1) is 26.0. The molecule has 3 heterocycles. The smallest absolute Gasteiger partial charge is 0.227 e. The summed E-state index contributed by atoms with van der Waals surface area (Å²) < 4.78 is 7.11. The van der Waals surface area contributed by atoms with Crippen molar-refractivity contribution in [3.63, 3.8) is 0 Å². The minimum Gasteiger partial charge on any atom is -0.493 e. The fourth-order valence-electron chi connectivity index (χ4n) is 5.47. The number of thioether (sulfide) groups is 1. The highest BCUT2D eigenvalue weighted by molar-refractivity contribution is 8.00. The largest absolute Gasteiger partial charge is 0.493 e. The van der Waals surface area contributed by atoms with Crippen LogP contribution >= 0.6 is 23.1 Å². The van der Waals surface area contributed by atoms with Crippen LogP contribution in [0, 0.1) is 11.3 Å². The van der Waals surface area contributed by atoms with Crippen LogP contribution in [0.5, 0.6) is 5.75 Å². The quantitative estimate of drug-likeness (QED) is 0.214. The third-order valence-electron chi connectivity index (χ3n) is 7.29. The Morgan fingerprint density at radius 1 is 1.16 bits per heavy atom. The molecule has 5 rings (SSSR count). The normalized spacial score (nSPS) is 16.5. The molecule has 0 bridgehead atoms. The van der Waals surface area contributed by atoms with Gasteiger partial charge in [0, 0.05) is 24.5 Å². The average Bonchev–Trinajstić information content (AvgIpc) is 3.60. The van der Waals surface area contributed by atoms with E-state index in [9.17, 15) is 5.26 Å². The van der Waals surface area contributed by atoms with Crippen molar-refractivity contribution in [1.29, 1.82) is 5.26 Å². The molecule has 2 aliphatic rings. The number of likely N-dealkylation sites (tertiary alicyclic amines) is 1. The predicted molar refractivity (Wildman–Crippen MR) is 153 cm³/mol. The molecule has 37 heavy (non-hydrogen) atoms. The van der Waals surface area contributed by atoms with Crippen LogP contribution in [-0.4, -0.2) is 47.4 Å². The summed E-state index contributed by atoms with van der Waals surface area (Å²) in [6, 6.07) is 12.5. The molecule has 0 atom stereocenters. The molecule has 0 unspecified atom stereocenters. The van der Waals surface area contributed by atoms with E-state index in [1.54, 1.807) is 29.3 Å². The third kappa shape index (κ3) is 6.46. The van der Waals surface area contributed by atoms with Gasteiger partial charge < -0.3 is 15.0 Å². The SMILES string of the molecule is CSc1sc(-c2ccnc(Nc3cccc(OCCCN4CCCC4)c3)n2)c(C2CCCCC2)c1C#N. The monoisotopic (exact) mass is 533 g/mol. The molecule has 1 N–H and O–H groups in total. The van der Waals surface area contributed by atoms with Crippen molar-refractivity contribution in [2.24, 2.45) is 0 Å². The maximum Gasteiger partial charge on any atom is 0.227 e. The van der Waals surface area contributed by atoms with Crippen molar-refractivity contribution < 1.29 is 4.74 Å². The summed E-state index contributed by atoms with van der Waals surface area (Å²) in [7, 11) is 0. The summed E-state index contributed by atoms with van der Waals surface area (Å²) in [5.41, 5.74) is 3.83. The summed E-state index contributed by atoms with van der Waals surface area (Å²) >= 11 is 3.35. The fourth-order valence-corrected chi connectivity index (χ4v) is 7.45. The number of nitriles is 1. The van der Waals surface area contributed by atoms with Crippen molar-refractivity contribution >= 4 is 34.7 Å². The minimum atomic E-state index is 0.432. The highest BCUT2D eigenvalue weighted by atomic mass is 32.2. The zero-order valence-electron chi connectivity index (χ0n) is 21.5. The van der Waals surface area contributed by atoms with Crippen LogP contribution in [0.3, 0.4) is 0 Å². The highest BCUT2D eigenvalue weighted by Crippen LogP contribution is 2.47. The Morgan fingerprint density at radius 3 is 2.78 bits per heavy atom. The first-order valence-corrected chi connectivity index (χ1v) is 15.5. The summed E-state index contributed by atoms with van der Waals surface area (Å²) in [4.78, 5) is 13.0. The molecule has 6 nitrogen and oxygen atoms in total. The Balaban J connectivity index is 1.30. The second-order valence-electron chi connectivity index (χ2n) is 9.83. The van der Waals surface area contributed by atoms with E-state index in [1.165, 1.54) is 50.8 Å². The number of nitrogens with zero attached hydrogens (tertiary/aromatic N) is 4. The molecule has 1 aliphatic heterocycles. The van der Waals surface area contributed by atoms with Gasteiger partial charge in [-0.3, -0.25) is 0 Å². The molecule has 1 aliphatic carbocycles. The van der Waals surface area contributed by atoms with Crippen LogP contribution in [0.1, 0.15) is 68.4 Å². The van der Waals surface area contributed by atoms with Crippen molar-refractivity contribution in [3.8, 4) is 22.4 Å². The zero-order valence-corrected chi connectivity index (χ0v) is 23.2. The fraction of sp³-hybridized carbons (Fsp3) is 0.483. The maximum absolute atomic E-state index is 10.0. The lowest BCUT2D eigenvalue weighted by molar-refractivity contribution is 0.263. The minimum absolute atomic E-state index is 0.432. The van der Waals surface area contributed by atoms with E-state index in [1.807, 2.05) is 30.3 Å². The molecule has 0 spiro atoms. The van der Waals surface area contributed by atoms with E-state index in [0.717, 1.165) is 57.6 Å². The number of hydrogen-bond donors (Lipinski definition) is 1. The average molecular weight is 534 g/mol. The molecule has 0 radical (unpaired) electrons. The van der Waals surface area contributed by atoms with Crippen molar-refractivity contribution in [2.45, 2.75) is 61.5 Å². The summed E-state index contributed by atoms with van der Waals surface area (Å²) in [5.74, 6) is 1.83. The molecular formula is C29H35N5OS2. The molecule has 1 saturated carbocycles. The Morgan fingerprint density at radius 2 is 2.00 bits per heavy atom. The van der Waals surface area contributed by atoms with E-state index in [-0.39, 0.29) is 0 Å². The molecule has 3 aromatic rings. The van der Waals surface area contributed by atoms with Gasteiger partial charge in [0.2, 0.25) is 5.95 Å². The van der Waals surface area contributed by atoms with E-state index in [2.05, 4.69) is 27.5 Å². The second kappa shape index (κ2) is 12.8. The van der Waals surface area contributed by atoms with Crippen LogP contribution in [0.25, 0.3) is 10.6 Å². The summed E-state index contributed by atoms with van der Waals surface area (Å²) in [5, 5.41) is 13.4. The van der Waals surface area contributed by atoms with Crippen LogP contribution in [0.15, 0.2) is 40.7 Å². The lowest BCUT2D eigenvalue weighted by atomic mass is 9.82. The molecular weight excluding hydrogens is 498 g/mol. The predicted octanol–water partition coefficient (Wildman–Crippen LogP) is 7.45. The number of aromatic nitrogens is 2. The zero-order chi connectivity index (χ0) is 25.5. The van der Waals surface area contributed by atoms with Crippen molar-refractivity contribution in [1.82, 2.24) is 14.9 Å². The molecule has 2 aromatic heterocycles. The second-order valence-corrected chi connectivity index (χ2v) is 11.9. The number of thiophene rings is 1. The van der Waals surface area contributed by atoms with Gasteiger partial charge in [0.05, 0.1) is 27.0 Å². The number of ether oxygens (including phenoxy) is 1. The van der Waals surface area contributed by atoms with Crippen LogP contribution in [0.4, 0.5) is 11.6 Å². The molecule has 8 heteroatoms. The number of hydrogen-bond acceptors (Lipinski definition) is 8. The first-order valence-electron chi connectivity index (χ1n) is 13.4. The number of rotatable bonds is 10. The Bertz CT molecular complexity index is 1230. The van der Waals surface area contributed by atoms with Gasteiger partial charge in [-0.25, -0.2) is 9.97 Å². The van der Waals surface area contributed by atoms with Crippen LogP contribution in [-0.2, 0) is 0 Å². The highest BCUT2D eigenvalue weighted by Gasteiger charge is 2.27. The van der Waals surface area contributed by atoms with Gasteiger partial charge in [-0.1, -0.05) is 25.3 Å². The Hall–Kier alpha value is -2.60. The van der Waals surface area contributed by atoms with Crippen molar-refractivity contribution in [2.75, 3.05) is 37.8 Å². The summed E-state index contributed by atoms with van der Waals surface area (Å²) in [6.45, 7) is 4.27. The van der Waals surface area contributed by atoms with Gasteiger partial charge in [0.25, 0.3) is 0 Å². The number of benzene rings is 1. The van der Waals surface area contributed by atoms with E-state index in [0.29, 0.717) is 18.5 Å². The molecule has 1 saturated heterocycles. The van der Waals surface area contributed by atoms with Crippen molar-refractivity contribution in [3.05, 3.63) is 47.7 Å². The van der Waals surface area contributed by atoms with Gasteiger partial charge in [0.1, 0.15) is 11.8 Å². The maximum atomic E-state index is 10.0. The standard InChI is InChI=1S/C29H35N5OS2/c1-36-28-24(20-30)26(21-9-3-2-4-10-21)27(37-28)25-13-14-31-29(33-25)32-22-11-7-12-23(19-22)35-18-8-17-34-15-5-6-16-34/h7,11-14,19,21H,2-6,8-10,15-18H2,1H3,(H,31,32,33). The van der Waals surface area contributed by atoms with E-state index < -0.39 is 0 Å². The van der Waals surface area contributed by atoms with Gasteiger partial charge in [0.15, 0.2) is 0 Å². The Kier molecular flexibility index (Phi) is 8.98. The third-order valence-corrected chi connectivity index (χ3v) is 9.64. The molecule has 0 amide bonds. The lowest BCUT2D eigenvalue weighted by Crippen LogP contribution is -2.21. The first-order chi connectivity index (χ1) is 18.2. The lowest BCUT2D eigenvalue weighted by Gasteiger charge is -2.22. The molecule has 2 fully saturated rings. The van der Waals surface area contributed by atoms with Gasteiger partial charge in [-0.2, -0.15) is 5.26 Å².